The number of nitrogens with two attached hydrogens (primary N) is 1. The zero-order chi connectivity index (χ0) is 14.0. The van der Waals surface area contributed by atoms with Crippen LogP contribution < -0.4 is 11.3 Å². The van der Waals surface area contributed by atoms with Gasteiger partial charge in [0.1, 0.15) is 11.6 Å². The summed E-state index contributed by atoms with van der Waals surface area (Å²) in [5.74, 6) is 3.98. The van der Waals surface area contributed by atoms with E-state index in [0.717, 1.165) is 18.6 Å². The van der Waals surface area contributed by atoms with E-state index in [1.54, 1.807) is 0 Å². The molecule has 1 aromatic carbocycles. The molecule has 1 heterocycles. The molecule has 1 aliphatic rings. The predicted octanol–water partition coefficient (Wildman–Crippen LogP) is 1.44. The van der Waals surface area contributed by atoms with Gasteiger partial charge in [-0.2, -0.15) is 0 Å². The largest absolute Gasteiger partial charge is 0.271 e. The van der Waals surface area contributed by atoms with Crippen LogP contribution in [0.2, 0.25) is 0 Å². The summed E-state index contributed by atoms with van der Waals surface area (Å²) in [7, 11) is -3.31. The number of hydrogen-bond donors (Lipinski definition) is 2. The quantitative estimate of drug-likeness (QED) is 0.652. The Labute approximate surface area is 110 Å². The summed E-state index contributed by atoms with van der Waals surface area (Å²) in [4.78, 5) is 0. The van der Waals surface area contributed by atoms with Gasteiger partial charge in [-0.05, 0) is 18.9 Å². The molecule has 2 unspecified atom stereocenters. The smallest absolute Gasteiger partial charge is 0.155 e. The van der Waals surface area contributed by atoms with Crippen molar-refractivity contribution in [1.29, 1.82) is 0 Å². The Balaban J connectivity index is 2.39. The Hall–Kier alpha value is -1.05. The van der Waals surface area contributed by atoms with Gasteiger partial charge < -0.3 is 0 Å². The highest BCUT2D eigenvalue weighted by Gasteiger charge is 2.37. The van der Waals surface area contributed by atoms with Crippen molar-refractivity contribution in [2.75, 3.05) is 5.75 Å². The molecule has 0 amide bonds. The molecule has 0 spiro atoms. The van der Waals surface area contributed by atoms with Gasteiger partial charge in [-0.25, -0.2) is 17.2 Å². The van der Waals surface area contributed by atoms with Crippen LogP contribution >= 0.6 is 0 Å². The van der Waals surface area contributed by atoms with Crippen molar-refractivity contribution in [3.8, 4) is 0 Å². The van der Waals surface area contributed by atoms with Crippen LogP contribution in [0.5, 0.6) is 0 Å². The molecule has 19 heavy (non-hydrogen) atoms. The van der Waals surface area contributed by atoms with Crippen LogP contribution in [0.25, 0.3) is 0 Å². The zero-order valence-corrected chi connectivity index (χ0v) is 11.1. The number of hydrazine groups is 1. The molecular weight excluding hydrogens is 274 g/mol. The van der Waals surface area contributed by atoms with E-state index < -0.39 is 32.8 Å². The highest BCUT2D eigenvalue weighted by atomic mass is 32.2. The molecule has 0 aromatic heterocycles. The Morgan fingerprint density at radius 2 is 2.05 bits per heavy atom. The first-order valence-corrected chi connectivity index (χ1v) is 7.80. The molecule has 1 saturated heterocycles. The minimum atomic E-state index is -3.31. The molecule has 0 bridgehead atoms. The summed E-state index contributed by atoms with van der Waals surface area (Å²) in [6, 6.07) is 2.21. The summed E-state index contributed by atoms with van der Waals surface area (Å²) < 4.78 is 50.7. The topological polar surface area (TPSA) is 72.2 Å². The first kappa shape index (κ1) is 14.4. The minimum Gasteiger partial charge on any atom is -0.271 e. The lowest BCUT2D eigenvalue weighted by Crippen LogP contribution is -2.43. The lowest BCUT2D eigenvalue weighted by molar-refractivity contribution is 0.438. The molecule has 1 aliphatic heterocycles. The molecule has 7 heteroatoms. The molecule has 1 aromatic rings. The number of hydrogen-bond acceptors (Lipinski definition) is 4. The van der Waals surface area contributed by atoms with Gasteiger partial charge in [-0.1, -0.05) is 12.5 Å². The Kier molecular flexibility index (Phi) is 4.17. The van der Waals surface area contributed by atoms with Gasteiger partial charge in [0, 0.05) is 11.6 Å². The van der Waals surface area contributed by atoms with Crippen LogP contribution in [0.1, 0.15) is 30.9 Å². The summed E-state index contributed by atoms with van der Waals surface area (Å²) >= 11 is 0. The van der Waals surface area contributed by atoms with E-state index in [1.165, 1.54) is 6.07 Å². The van der Waals surface area contributed by atoms with Crippen LogP contribution in [-0.4, -0.2) is 19.4 Å². The highest BCUT2D eigenvalue weighted by Crippen LogP contribution is 2.31. The van der Waals surface area contributed by atoms with Crippen LogP contribution in [0.3, 0.4) is 0 Å². The third-order valence-corrected chi connectivity index (χ3v) is 5.77. The number of halogens is 2. The van der Waals surface area contributed by atoms with Gasteiger partial charge in [0.2, 0.25) is 0 Å². The Morgan fingerprint density at radius 1 is 1.32 bits per heavy atom. The van der Waals surface area contributed by atoms with Crippen molar-refractivity contribution >= 4 is 9.84 Å². The second kappa shape index (κ2) is 5.52. The minimum absolute atomic E-state index is 0.0820. The molecule has 0 aliphatic carbocycles. The van der Waals surface area contributed by atoms with Gasteiger partial charge in [0.25, 0.3) is 0 Å². The molecule has 4 nitrogen and oxygen atoms in total. The molecule has 1 fully saturated rings. The maximum Gasteiger partial charge on any atom is 0.155 e. The first-order chi connectivity index (χ1) is 8.95. The average Bonchev–Trinajstić information content (AvgIpc) is 2.34. The lowest BCUT2D eigenvalue weighted by Gasteiger charge is -2.30. The third kappa shape index (κ3) is 2.93. The normalized spacial score (nSPS) is 24.1. The predicted molar refractivity (Wildman–Crippen MR) is 67.8 cm³/mol. The summed E-state index contributed by atoms with van der Waals surface area (Å²) in [6.45, 7) is 0. The van der Waals surface area contributed by atoms with Gasteiger partial charge in [-0.15, -0.1) is 0 Å². The van der Waals surface area contributed by atoms with E-state index in [0.29, 0.717) is 12.8 Å². The molecular formula is C12H16F2N2O2S. The lowest BCUT2D eigenvalue weighted by atomic mass is 9.99. The highest BCUT2D eigenvalue weighted by molar-refractivity contribution is 7.92. The Morgan fingerprint density at radius 3 is 2.63 bits per heavy atom. The van der Waals surface area contributed by atoms with Crippen molar-refractivity contribution in [3.63, 3.8) is 0 Å². The van der Waals surface area contributed by atoms with Crippen LogP contribution in [0.15, 0.2) is 18.2 Å². The van der Waals surface area contributed by atoms with Crippen molar-refractivity contribution in [2.24, 2.45) is 5.84 Å². The average molecular weight is 290 g/mol. The number of nitrogens with one attached hydrogen (secondary N) is 1. The maximum absolute atomic E-state index is 13.8. The zero-order valence-electron chi connectivity index (χ0n) is 10.3. The van der Waals surface area contributed by atoms with Gasteiger partial charge in [0.15, 0.2) is 9.84 Å². The molecule has 2 rings (SSSR count). The van der Waals surface area contributed by atoms with Gasteiger partial charge in [-0.3, -0.25) is 11.3 Å². The number of sulfone groups is 1. The Bertz CT molecular complexity index is 563. The van der Waals surface area contributed by atoms with Crippen molar-refractivity contribution in [3.05, 3.63) is 35.4 Å². The summed E-state index contributed by atoms with van der Waals surface area (Å²) in [5, 5.41) is -0.772. The van der Waals surface area contributed by atoms with Crippen molar-refractivity contribution in [1.82, 2.24) is 5.43 Å². The monoisotopic (exact) mass is 290 g/mol. The standard InChI is InChI=1S/C12H16F2N2O2S/c13-8-4-5-9(10(14)7-8)12(16-15)11-3-1-2-6-19(11,17)18/h4-5,7,11-12,16H,1-3,6,15H2. The van der Waals surface area contributed by atoms with E-state index in [-0.39, 0.29) is 11.3 Å². The SMILES string of the molecule is NNC(c1ccc(F)cc1F)C1CCCCS1(=O)=O. The van der Waals surface area contributed by atoms with E-state index in [2.05, 4.69) is 5.43 Å². The van der Waals surface area contributed by atoms with Crippen LogP contribution in [0.4, 0.5) is 8.78 Å². The fourth-order valence-corrected chi connectivity index (χ4v) is 4.58. The van der Waals surface area contributed by atoms with Gasteiger partial charge >= 0.3 is 0 Å². The van der Waals surface area contributed by atoms with Crippen molar-refractivity contribution in [2.45, 2.75) is 30.6 Å². The molecule has 106 valence electrons. The number of rotatable bonds is 3. The maximum atomic E-state index is 13.8. The fourth-order valence-electron chi connectivity index (χ4n) is 2.50. The van der Waals surface area contributed by atoms with Gasteiger partial charge in [0.05, 0.1) is 17.0 Å². The molecule has 2 atom stereocenters. The number of benzene rings is 1. The third-order valence-electron chi connectivity index (χ3n) is 3.48. The van der Waals surface area contributed by atoms with Crippen molar-refractivity contribution < 1.29 is 17.2 Å². The molecule has 0 radical (unpaired) electrons. The van der Waals surface area contributed by atoms with Crippen LogP contribution in [0, 0.1) is 11.6 Å². The van der Waals surface area contributed by atoms with Crippen LogP contribution in [-0.2, 0) is 9.84 Å². The first-order valence-electron chi connectivity index (χ1n) is 6.08. The van der Waals surface area contributed by atoms with E-state index in [4.69, 9.17) is 5.84 Å². The second-order valence-electron chi connectivity index (χ2n) is 4.71. The summed E-state index contributed by atoms with van der Waals surface area (Å²) in [6.07, 6.45) is 1.79. The molecule has 0 saturated carbocycles. The second-order valence-corrected chi connectivity index (χ2v) is 7.05. The van der Waals surface area contributed by atoms with E-state index in [9.17, 15) is 17.2 Å². The molecule has 3 N–H and O–H groups in total. The fraction of sp³-hybridized carbons (Fsp3) is 0.500. The van der Waals surface area contributed by atoms with E-state index >= 15 is 0 Å². The van der Waals surface area contributed by atoms with E-state index in [1.807, 2.05) is 0 Å². The summed E-state index contributed by atoms with van der Waals surface area (Å²) in [5.41, 5.74) is 2.45.